The maximum atomic E-state index is 5.72. The van der Waals surface area contributed by atoms with Gasteiger partial charge in [0.25, 0.3) is 0 Å². The number of nitrogens with zero attached hydrogens (tertiary/aromatic N) is 4. The second-order valence-electron chi connectivity index (χ2n) is 5.78. The van der Waals surface area contributed by atoms with Gasteiger partial charge in [-0.05, 0) is 17.5 Å². The Morgan fingerprint density at radius 1 is 1.24 bits per heavy atom. The molecule has 5 nitrogen and oxygen atoms in total. The van der Waals surface area contributed by atoms with Crippen LogP contribution < -0.4 is 5.73 Å². The van der Waals surface area contributed by atoms with E-state index in [1.54, 1.807) is 0 Å². The highest BCUT2D eigenvalue weighted by Crippen LogP contribution is 2.35. The second-order valence-corrected chi connectivity index (χ2v) is 5.78. The summed E-state index contributed by atoms with van der Waals surface area (Å²) in [6.07, 6.45) is 2.76. The lowest BCUT2D eigenvalue weighted by molar-refractivity contribution is 0.331. The molecule has 0 saturated heterocycles. The van der Waals surface area contributed by atoms with Crippen LogP contribution in [-0.4, -0.2) is 19.7 Å². The van der Waals surface area contributed by atoms with Gasteiger partial charge in [0.05, 0.1) is 12.1 Å². The summed E-state index contributed by atoms with van der Waals surface area (Å²) in [5.74, 6) is 2.24. The number of hydrogen-bond acceptors (Lipinski definition) is 4. The maximum absolute atomic E-state index is 5.72. The Balaban J connectivity index is 1.82. The van der Waals surface area contributed by atoms with Crippen LogP contribution in [0.25, 0.3) is 10.9 Å². The van der Waals surface area contributed by atoms with Crippen LogP contribution in [0, 0.1) is 5.92 Å². The first-order valence-electron chi connectivity index (χ1n) is 7.25. The van der Waals surface area contributed by atoms with Gasteiger partial charge < -0.3 is 5.73 Å². The van der Waals surface area contributed by atoms with Gasteiger partial charge in [-0.1, -0.05) is 31.2 Å². The summed E-state index contributed by atoms with van der Waals surface area (Å²) in [5, 5.41) is 5.49. The van der Waals surface area contributed by atoms with Crippen molar-refractivity contribution in [1.82, 2.24) is 19.7 Å². The Morgan fingerprint density at radius 2 is 2.10 bits per heavy atom. The third kappa shape index (κ3) is 1.96. The van der Waals surface area contributed by atoms with E-state index >= 15 is 0 Å². The van der Waals surface area contributed by atoms with E-state index in [0.717, 1.165) is 24.3 Å². The zero-order chi connectivity index (χ0) is 14.4. The Hall–Kier alpha value is -2.43. The van der Waals surface area contributed by atoms with Gasteiger partial charge in [0.1, 0.15) is 5.82 Å². The number of pyridine rings is 1. The highest BCUT2D eigenvalue weighted by Gasteiger charge is 2.30. The Kier molecular flexibility index (Phi) is 2.67. The molecular formula is C16H17N5. The van der Waals surface area contributed by atoms with E-state index in [9.17, 15) is 0 Å². The Morgan fingerprint density at radius 3 is 3.00 bits per heavy atom. The molecule has 0 radical (unpaired) electrons. The molecule has 2 aromatic heterocycles. The molecule has 21 heavy (non-hydrogen) atoms. The molecule has 4 rings (SSSR count). The fourth-order valence-electron chi connectivity index (χ4n) is 3.32. The summed E-state index contributed by atoms with van der Waals surface area (Å²) in [7, 11) is 0. The average Bonchev–Trinajstić information content (AvgIpc) is 2.85. The molecule has 5 heteroatoms. The number of fused-ring (bicyclic) bond motifs is 2. The summed E-state index contributed by atoms with van der Waals surface area (Å²) >= 11 is 0. The smallest absolute Gasteiger partial charge is 0.239 e. The molecule has 0 fully saturated rings. The first-order valence-corrected chi connectivity index (χ1v) is 7.25. The van der Waals surface area contributed by atoms with Crippen molar-refractivity contribution in [2.75, 3.05) is 5.73 Å². The number of rotatable bonds is 1. The molecule has 106 valence electrons. The number of hydrogen-bond donors (Lipinski definition) is 1. The number of nitrogen functional groups attached to an aromatic ring is 1. The van der Waals surface area contributed by atoms with Gasteiger partial charge in [-0.2, -0.15) is 4.98 Å². The maximum Gasteiger partial charge on any atom is 0.239 e. The predicted molar refractivity (Wildman–Crippen MR) is 81.8 cm³/mol. The van der Waals surface area contributed by atoms with Crippen molar-refractivity contribution in [2.45, 2.75) is 25.8 Å². The molecule has 2 unspecified atom stereocenters. The highest BCUT2D eigenvalue weighted by molar-refractivity contribution is 5.82. The van der Waals surface area contributed by atoms with Gasteiger partial charge >= 0.3 is 0 Å². The highest BCUT2D eigenvalue weighted by atomic mass is 15.4. The number of para-hydroxylation sites is 1. The van der Waals surface area contributed by atoms with Crippen molar-refractivity contribution >= 4 is 16.9 Å². The zero-order valence-electron chi connectivity index (χ0n) is 11.9. The first-order chi connectivity index (χ1) is 10.2. The first kappa shape index (κ1) is 12.3. The van der Waals surface area contributed by atoms with Crippen molar-refractivity contribution in [3.63, 3.8) is 0 Å². The van der Waals surface area contributed by atoms with Crippen molar-refractivity contribution < 1.29 is 0 Å². The number of benzene rings is 1. The lowest BCUT2D eigenvalue weighted by atomic mass is 9.82. The van der Waals surface area contributed by atoms with E-state index in [-0.39, 0.29) is 0 Å². The average molecular weight is 279 g/mol. The molecule has 2 N–H and O–H groups in total. The number of anilines is 1. The minimum absolute atomic E-state index is 0.369. The summed E-state index contributed by atoms with van der Waals surface area (Å²) in [5.41, 5.74) is 8.11. The Labute approximate surface area is 122 Å². The van der Waals surface area contributed by atoms with E-state index < -0.39 is 0 Å². The standard InChI is InChI=1S/C16H17N5/c1-10-8-14-19-16(17)20-21(14)9-13(10)12-6-2-4-11-5-3-7-18-15(11)12/h2-7,10,13H,8-9H2,1H3,(H2,17,20). The predicted octanol–water partition coefficient (Wildman–Crippen LogP) is 2.38. The quantitative estimate of drug-likeness (QED) is 0.742. The van der Waals surface area contributed by atoms with Crippen LogP contribution in [0.4, 0.5) is 5.95 Å². The normalized spacial score (nSPS) is 21.4. The molecule has 0 saturated carbocycles. The summed E-state index contributed by atoms with van der Waals surface area (Å²) < 4.78 is 1.95. The van der Waals surface area contributed by atoms with Gasteiger partial charge in [0.15, 0.2) is 0 Å². The van der Waals surface area contributed by atoms with Gasteiger partial charge in [-0.15, -0.1) is 5.10 Å². The van der Waals surface area contributed by atoms with E-state index in [1.807, 2.05) is 16.9 Å². The van der Waals surface area contributed by atoms with Crippen LogP contribution in [0.3, 0.4) is 0 Å². The van der Waals surface area contributed by atoms with Crippen LogP contribution in [0.2, 0.25) is 0 Å². The molecule has 2 atom stereocenters. The summed E-state index contributed by atoms with van der Waals surface area (Å²) in [4.78, 5) is 8.89. The van der Waals surface area contributed by atoms with Gasteiger partial charge in [0, 0.05) is 23.9 Å². The summed E-state index contributed by atoms with van der Waals surface area (Å²) in [6.45, 7) is 3.08. The van der Waals surface area contributed by atoms with Gasteiger partial charge in [-0.25, -0.2) is 4.68 Å². The van der Waals surface area contributed by atoms with Gasteiger partial charge in [-0.3, -0.25) is 4.98 Å². The second kappa shape index (κ2) is 4.55. The molecule has 0 aliphatic carbocycles. The largest absolute Gasteiger partial charge is 0.366 e. The molecule has 0 spiro atoms. The van der Waals surface area contributed by atoms with E-state index in [2.05, 4.69) is 46.3 Å². The fourth-order valence-corrected chi connectivity index (χ4v) is 3.32. The van der Waals surface area contributed by atoms with Crippen LogP contribution in [0.5, 0.6) is 0 Å². The molecule has 1 aliphatic heterocycles. The third-order valence-electron chi connectivity index (χ3n) is 4.39. The van der Waals surface area contributed by atoms with E-state index in [0.29, 0.717) is 17.8 Å². The van der Waals surface area contributed by atoms with Crippen LogP contribution in [0.1, 0.15) is 24.2 Å². The van der Waals surface area contributed by atoms with Crippen molar-refractivity contribution in [3.8, 4) is 0 Å². The van der Waals surface area contributed by atoms with Crippen molar-refractivity contribution in [3.05, 3.63) is 47.9 Å². The summed E-state index contributed by atoms with van der Waals surface area (Å²) in [6, 6.07) is 10.5. The fraction of sp³-hybridized carbons (Fsp3) is 0.312. The molecule has 3 aromatic rings. The minimum atomic E-state index is 0.369. The Bertz CT molecular complexity index is 802. The SMILES string of the molecule is CC1Cc2nc(N)nn2CC1c1cccc2cccnc12. The lowest BCUT2D eigenvalue weighted by Gasteiger charge is -2.29. The third-order valence-corrected chi connectivity index (χ3v) is 4.39. The van der Waals surface area contributed by atoms with Crippen LogP contribution in [-0.2, 0) is 13.0 Å². The molecule has 1 aliphatic rings. The van der Waals surface area contributed by atoms with E-state index in [1.165, 1.54) is 10.9 Å². The topological polar surface area (TPSA) is 69.6 Å². The molecular weight excluding hydrogens is 262 g/mol. The zero-order valence-corrected chi connectivity index (χ0v) is 11.9. The van der Waals surface area contributed by atoms with E-state index in [4.69, 9.17) is 5.73 Å². The molecule has 1 aromatic carbocycles. The van der Waals surface area contributed by atoms with Crippen LogP contribution in [0.15, 0.2) is 36.5 Å². The number of nitrogens with two attached hydrogens (primary N) is 1. The molecule has 0 amide bonds. The van der Waals surface area contributed by atoms with Crippen molar-refractivity contribution in [1.29, 1.82) is 0 Å². The minimum Gasteiger partial charge on any atom is -0.366 e. The monoisotopic (exact) mass is 279 g/mol. The number of aromatic nitrogens is 4. The lowest BCUT2D eigenvalue weighted by Crippen LogP contribution is -2.27. The molecule has 0 bridgehead atoms. The van der Waals surface area contributed by atoms with Gasteiger partial charge in [0.2, 0.25) is 5.95 Å². The molecule has 3 heterocycles. The van der Waals surface area contributed by atoms with Crippen LogP contribution >= 0.6 is 0 Å². The van der Waals surface area contributed by atoms with Crippen molar-refractivity contribution in [2.24, 2.45) is 5.92 Å².